The van der Waals surface area contributed by atoms with E-state index in [4.69, 9.17) is 5.73 Å². The molecule has 5 nitrogen and oxygen atoms in total. The first kappa shape index (κ1) is 16.7. The number of rotatable bonds is 7. The highest BCUT2D eigenvalue weighted by Gasteiger charge is 2.18. The predicted octanol–water partition coefficient (Wildman–Crippen LogP) is 1.54. The lowest BCUT2D eigenvalue weighted by atomic mass is 10.1. The molecule has 0 saturated heterocycles. The molecule has 0 bridgehead atoms. The van der Waals surface area contributed by atoms with E-state index >= 15 is 0 Å². The van der Waals surface area contributed by atoms with Crippen molar-refractivity contribution in [3.63, 3.8) is 0 Å². The number of thioether (sulfide) groups is 1. The molecule has 2 atom stereocenters. The zero-order valence-electron chi connectivity index (χ0n) is 12.1. The molecule has 1 rings (SSSR count). The van der Waals surface area contributed by atoms with Crippen LogP contribution in [0.1, 0.15) is 24.2 Å². The fourth-order valence-electron chi connectivity index (χ4n) is 1.91. The summed E-state index contributed by atoms with van der Waals surface area (Å²) in [4.78, 5) is 12.0. The SMILES string of the molecule is CCNC(=O)c1ccc(N)cc1NC(C)C(CO)SC. The number of carbonyl (C=O) groups excluding carboxylic acids is 1. The molecule has 6 heteroatoms. The van der Waals surface area contributed by atoms with Crippen LogP contribution in [0.25, 0.3) is 0 Å². The Labute approximate surface area is 124 Å². The number of amides is 1. The van der Waals surface area contributed by atoms with Gasteiger partial charge < -0.3 is 21.5 Å². The maximum atomic E-state index is 12.0. The molecule has 0 radical (unpaired) electrons. The van der Waals surface area contributed by atoms with E-state index < -0.39 is 0 Å². The highest BCUT2D eigenvalue weighted by molar-refractivity contribution is 7.99. The van der Waals surface area contributed by atoms with Crippen LogP contribution >= 0.6 is 11.8 Å². The van der Waals surface area contributed by atoms with Gasteiger partial charge in [0.05, 0.1) is 12.2 Å². The molecule has 0 fully saturated rings. The summed E-state index contributed by atoms with van der Waals surface area (Å²) in [5, 5.41) is 15.4. The summed E-state index contributed by atoms with van der Waals surface area (Å²) in [7, 11) is 0. The number of anilines is 2. The van der Waals surface area contributed by atoms with Gasteiger partial charge in [0.15, 0.2) is 0 Å². The van der Waals surface area contributed by atoms with Crippen molar-refractivity contribution in [2.45, 2.75) is 25.1 Å². The van der Waals surface area contributed by atoms with Gasteiger partial charge in [-0.1, -0.05) is 0 Å². The Hall–Kier alpha value is -1.40. The van der Waals surface area contributed by atoms with Gasteiger partial charge >= 0.3 is 0 Å². The van der Waals surface area contributed by atoms with E-state index in [2.05, 4.69) is 10.6 Å². The second-order valence-corrected chi connectivity index (χ2v) is 5.63. The maximum absolute atomic E-state index is 12.0. The van der Waals surface area contributed by atoms with Crippen LogP contribution in [0.4, 0.5) is 11.4 Å². The molecule has 0 heterocycles. The van der Waals surface area contributed by atoms with E-state index in [0.29, 0.717) is 23.5 Å². The molecule has 2 unspecified atom stereocenters. The quantitative estimate of drug-likeness (QED) is 0.574. The zero-order valence-corrected chi connectivity index (χ0v) is 13.0. The van der Waals surface area contributed by atoms with Crippen LogP contribution in [-0.2, 0) is 0 Å². The van der Waals surface area contributed by atoms with Crippen LogP contribution in [0.15, 0.2) is 18.2 Å². The topological polar surface area (TPSA) is 87.4 Å². The minimum absolute atomic E-state index is 0.0185. The van der Waals surface area contributed by atoms with Crippen molar-refractivity contribution < 1.29 is 9.90 Å². The number of carbonyl (C=O) groups is 1. The van der Waals surface area contributed by atoms with Crippen molar-refractivity contribution in [2.75, 3.05) is 30.5 Å². The van der Waals surface area contributed by atoms with E-state index in [0.717, 1.165) is 0 Å². The molecular formula is C14H23N3O2S. The summed E-state index contributed by atoms with van der Waals surface area (Å²) in [6.07, 6.45) is 1.95. The van der Waals surface area contributed by atoms with Crippen molar-refractivity contribution >= 4 is 29.0 Å². The van der Waals surface area contributed by atoms with Crippen LogP contribution in [0.2, 0.25) is 0 Å². The normalized spacial score (nSPS) is 13.6. The minimum atomic E-state index is -0.132. The minimum Gasteiger partial charge on any atom is -0.399 e. The van der Waals surface area contributed by atoms with Crippen molar-refractivity contribution in [3.8, 4) is 0 Å². The molecule has 20 heavy (non-hydrogen) atoms. The Morgan fingerprint density at radius 1 is 1.50 bits per heavy atom. The van der Waals surface area contributed by atoms with Gasteiger partial charge in [-0.2, -0.15) is 11.8 Å². The molecule has 112 valence electrons. The Kier molecular flexibility index (Phi) is 6.67. The number of nitrogens with two attached hydrogens (primary N) is 1. The van der Waals surface area contributed by atoms with E-state index in [-0.39, 0.29) is 23.8 Å². The lowest BCUT2D eigenvalue weighted by Gasteiger charge is -2.24. The molecule has 1 aromatic rings. The average Bonchev–Trinajstić information content (AvgIpc) is 2.40. The molecule has 5 N–H and O–H groups in total. The third-order valence-electron chi connectivity index (χ3n) is 3.05. The van der Waals surface area contributed by atoms with E-state index in [1.807, 2.05) is 20.1 Å². The summed E-state index contributed by atoms with van der Waals surface area (Å²) in [6.45, 7) is 4.50. The van der Waals surface area contributed by atoms with Crippen LogP contribution in [0, 0.1) is 0 Å². The number of aliphatic hydroxyl groups is 1. The molecule has 1 aromatic carbocycles. The Bertz CT molecular complexity index is 450. The van der Waals surface area contributed by atoms with Gasteiger partial charge in [-0.25, -0.2) is 0 Å². The Balaban J connectivity index is 2.97. The summed E-state index contributed by atoms with van der Waals surface area (Å²) in [5.41, 5.74) is 7.64. The largest absolute Gasteiger partial charge is 0.399 e. The second kappa shape index (κ2) is 8.01. The molecule has 0 aliphatic rings. The molecule has 0 aliphatic heterocycles. The van der Waals surface area contributed by atoms with E-state index in [1.165, 1.54) is 0 Å². The molecule has 1 amide bonds. The summed E-state index contributed by atoms with van der Waals surface area (Å²) < 4.78 is 0. The maximum Gasteiger partial charge on any atom is 0.253 e. The predicted molar refractivity (Wildman–Crippen MR) is 86.3 cm³/mol. The van der Waals surface area contributed by atoms with Crippen LogP contribution < -0.4 is 16.4 Å². The lowest BCUT2D eigenvalue weighted by molar-refractivity contribution is 0.0956. The van der Waals surface area contributed by atoms with E-state index in [1.54, 1.807) is 30.0 Å². The van der Waals surface area contributed by atoms with Crippen LogP contribution in [0.3, 0.4) is 0 Å². The number of hydrogen-bond donors (Lipinski definition) is 4. The van der Waals surface area contributed by atoms with Gasteiger partial charge in [-0.3, -0.25) is 4.79 Å². The van der Waals surface area contributed by atoms with Crippen molar-refractivity contribution in [1.82, 2.24) is 5.32 Å². The Morgan fingerprint density at radius 3 is 2.75 bits per heavy atom. The van der Waals surface area contributed by atoms with Gasteiger partial charge in [0.1, 0.15) is 0 Å². The first-order valence-corrected chi connectivity index (χ1v) is 7.90. The van der Waals surface area contributed by atoms with Crippen molar-refractivity contribution in [3.05, 3.63) is 23.8 Å². The smallest absolute Gasteiger partial charge is 0.253 e. The molecule has 0 aromatic heterocycles. The highest BCUT2D eigenvalue weighted by atomic mass is 32.2. The number of benzene rings is 1. The number of nitrogens with one attached hydrogen (secondary N) is 2. The third kappa shape index (κ3) is 4.31. The number of hydrogen-bond acceptors (Lipinski definition) is 5. The number of nitrogen functional groups attached to an aromatic ring is 1. The molecule has 0 spiro atoms. The van der Waals surface area contributed by atoms with Crippen molar-refractivity contribution in [2.24, 2.45) is 0 Å². The fourth-order valence-corrected chi connectivity index (χ4v) is 2.54. The third-order valence-corrected chi connectivity index (χ3v) is 4.21. The van der Waals surface area contributed by atoms with Crippen molar-refractivity contribution in [1.29, 1.82) is 0 Å². The molecular weight excluding hydrogens is 274 g/mol. The monoisotopic (exact) mass is 297 g/mol. The Morgan fingerprint density at radius 2 is 2.20 bits per heavy atom. The second-order valence-electron chi connectivity index (χ2n) is 4.55. The van der Waals surface area contributed by atoms with E-state index in [9.17, 15) is 9.90 Å². The standard InChI is InChI=1S/C14H23N3O2S/c1-4-16-14(19)11-6-5-10(15)7-12(11)17-9(2)13(8-18)20-3/h5-7,9,13,17-18H,4,8,15H2,1-3H3,(H,16,19). The highest BCUT2D eigenvalue weighted by Crippen LogP contribution is 2.22. The van der Waals surface area contributed by atoms with Crippen LogP contribution in [0.5, 0.6) is 0 Å². The van der Waals surface area contributed by atoms with Gasteiger partial charge in [-0.05, 0) is 38.3 Å². The van der Waals surface area contributed by atoms with Gasteiger partial charge in [0, 0.05) is 29.2 Å². The van der Waals surface area contributed by atoms with Gasteiger partial charge in [-0.15, -0.1) is 0 Å². The molecule has 0 saturated carbocycles. The summed E-state index contributed by atoms with van der Waals surface area (Å²) in [6, 6.07) is 5.18. The lowest BCUT2D eigenvalue weighted by Crippen LogP contribution is -2.32. The first-order valence-electron chi connectivity index (χ1n) is 6.61. The summed E-state index contributed by atoms with van der Waals surface area (Å²) >= 11 is 1.58. The van der Waals surface area contributed by atoms with Crippen LogP contribution in [-0.4, -0.2) is 41.7 Å². The first-order chi connectivity index (χ1) is 9.53. The fraction of sp³-hybridized carbons (Fsp3) is 0.500. The number of aliphatic hydroxyl groups excluding tert-OH is 1. The zero-order chi connectivity index (χ0) is 15.1. The average molecular weight is 297 g/mol. The van der Waals surface area contributed by atoms with Gasteiger partial charge in [0.2, 0.25) is 0 Å². The molecule has 0 aliphatic carbocycles. The van der Waals surface area contributed by atoms with Gasteiger partial charge in [0.25, 0.3) is 5.91 Å². The summed E-state index contributed by atoms with van der Waals surface area (Å²) in [5.74, 6) is -0.132.